The molecule has 1 aromatic heterocycles. The molecule has 0 saturated carbocycles. The Morgan fingerprint density at radius 1 is 1.65 bits per heavy atom. The minimum absolute atomic E-state index is 0.0199. The van der Waals surface area contributed by atoms with Crippen LogP contribution >= 0.6 is 0 Å². The number of nitrogens with zero attached hydrogens (tertiary/aromatic N) is 3. The number of anilines is 2. The number of hydrogen-bond donors (Lipinski definition) is 2. The van der Waals surface area contributed by atoms with Crippen molar-refractivity contribution < 1.29 is 9.72 Å². The van der Waals surface area contributed by atoms with Gasteiger partial charge < -0.3 is 16.0 Å². The normalized spacial score (nSPS) is 18.1. The van der Waals surface area contributed by atoms with Gasteiger partial charge in [0.05, 0.1) is 23.0 Å². The van der Waals surface area contributed by atoms with Crippen LogP contribution in [0.2, 0.25) is 0 Å². The number of pyridine rings is 1. The highest BCUT2D eigenvalue weighted by Crippen LogP contribution is 2.27. The van der Waals surface area contributed by atoms with Crippen LogP contribution in [0.5, 0.6) is 0 Å². The fourth-order valence-corrected chi connectivity index (χ4v) is 2.24. The van der Waals surface area contributed by atoms with Crippen LogP contribution in [0.25, 0.3) is 0 Å². The van der Waals surface area contributed by atoms with Crippen molar-refractivity contribution in [2.45, 2.75) is 13.3 Å². The van der Waals surface area contributed by atoms with Gasteiger partial charge in [0, 0.05) is 19.6 Å². The van der Waals surface area contributed by atoms with Crippen molar-refractivity contribution in [3.05, 3.63) is 22.2 Å². The zero-order valence-electron chi connectivity index (χ0n) is 11.2. The zero-order chi connectivity index (χ0) is 14.7. The van der Waals surface area contributed by atoms with Gasteiger partial charge in [-0.2, -0.15) is 0 Å². The van der Waals surface area contributed by atoms with Gasteiger partial charge in [-0.15, -0.1) is 0 Å². The topological polar surface area (TPSA) is 114 Å². The molecule has 1 fully saturated rings. The van der Waals surface area contributed by atoms with Crippen LogP contribution in [0.3, 0.4) is 0 Å². The van der Waals surface area contributed by atoms with Gasteiger partial charge >= 0.3 is 0 Å². The minimum Gasteiger partial charge on any atom is -0.370 e. The summed E-state index contributed by atoms with van der Waals surface area (Å²) in [6.45, 7) is 3.58. The van der Waals surface area contributed by atoms with E-state index in [1.54, 1.807) is 0 Å². The molecular formula is C12H17N5O3. The molecule has 8 nitrogen and oxygen atoms in total. The van der Waals surface area contributed by atoms with Crippen molar-refractivity contribution in [2.75, 3.05) is 29.9 Å². The molecule has 0 bridgehead atoms. The first kappa shape index (κ1) is 14.0. The van der Waals surface area contributed by atoms with Crippen LogP contribution in [0, 0.1) is 16.0 Å². The molecular weight excluding hydrogens is 262 g/mol. The lowest BCUT2D eigenvalue weighted by molar-refractivity contribution is -0.384. The Labute approximate surface area is 116 Å². The zero-order valence-corrected chi connectivity index (χ0v) is 11.2. The van der Waals surface area contributed by atoms with Crippen LogP contribution in [0.4, 0.5) is 17.3 Å². The number of nitrogens with two attached hydrogens (primary N) is 1. The highest BCUT2D eigenvalue weighted by atomic mass is 16.6. The standard InChI is InChI=1S/C12H17N5O3/c1-2-14-10-5-9(17(19)20)6-11(15-10)16-4-3-8(7-16)12(13)18/h5-6,8H,2-4,7H2,1H3,(H2,13,18)(H,14,15). The number of rotatable bonds is 5. The predicted octanol–water partition coefficient (Wildman–Crippen LogP) is 0.733. The summed E-state index contributed by atoms with van der Waals surface area (Å²) in [6.07, 6.45) is 0.649. The SMILES string of the molecule is CCNc1cc([N+](=O)[O-])cc(N2CCC(C(N)=O)C2)n1. The minimum atomic E-state index is -0.451. The van der Waals surface area contributed by atoms with Gasteiger partial charge in [0.15, 0.2) is 0 Å². The van der Waals surface area contributed by atoms with E-state index in [1.165, 1.54) is 12.1 Å². The molecule has 1 aliphatic rings. The summed E-state index contributed by atoms with van der Waals surface area (Å²) in [5.74, 6) is 0.390. The number of carbonyl (C=O) groups is 1. The first-order valence-corrected chi connectivity index (χ1v) is 6.46. The highest BCUT2D eigenvalue weighted by molar-refractivity contribution is 5.78. The van der Waals surface area contributed by atoms with E-state index in [4.69, 9.17) is 5.73 Å². The van der Waals surface area contributed by atoms with Crippen molar-refractivity contribution in [2.24, 2.45) is 11.7 Å². The van der Waals surface area contributed by atoms with Gasteiger partial charge in [-0.1, -0.05) is 0 Å². The molecule has 1 amide bonds. The molecule has 0 aromatic carbocycles. The van der Waals surface area contributed by atoms with Crippen LogP contribution in [0.15, 0.2) is 12.1 Å². The maximum Gasteiger partial charge on any atom is 0.276 e. The van der Waals surface area contributed by atoms with E-state index in [9.17, 15) is 14.9 Å². The van der Waals surface area contributed by atoms with Crippen molar-refractivity contribution >= 4 is 23.2 Å². The fourth-order valence-electron chi connectivity index (χ4n) is 2.24. The largest absolute Gasteiger partial charge is 0.370 e. The lowest BCUT2D eigenvalue weighted by Crippen LogP contribution is -2.27. The Kier molecular flexibility index (Phi) is 4.02. The molecule has 1 atom stereocenters. The lowest BCUT2D eigenvalue weighted by atomic mass is 10.1. The summed E-state index contributed by atoms with van der Waals surface area (Å²) >= 11 is 0. The quantitative estimate of drug-likeness (QED) is 0.606. The number of aromatic nitrogens is 1. The molecule has 1 aromatic rings. The number of carbonyl (C=O) groups excluding carboxylic acids is 1. The second-order valence-electron chi connectivity index (χ2n) is 4.69. The number of nitro groups is 1. The van der Waals surface area contributed by atoms with E-state index in [0.29, 0.717) is 37.7 Å². The summed E-state index contributed by atoms with van der Waals surface area (Å²) in [4.78, 5) is 27.9. The summed E-state index contributed by atoms with van der Waals surface area (Å²) in [5, 5.41) is 13.9. The third-order valence-corrected chi connectivity index (χ3v) is 3.28. The smallest absolute Gasteiger partial charge is 0.276 e. The molecule has 1 unspecified atom stereocenters. The summed E-state index contributed by atoms with van der Waals surface area (Å²) in [7, 11) is 0. The highest BCUT2D eigenvalue weighted by Gasteiger charge is 2.28. The van der Waals surface area contributed by atoms with Gasteiger partial charge in [0.1, 0.15) is 11.6 Å². The van der Waals surface area contributed by atoms with E-state index in [1.807, 2.05) is 11.8 Å². The van der Waals surface area contributed by atoms with Gasteiger partial charge in [-0.3, -0.25) is 14.9 Å². The molecule has 1 saturated heterocycles. The van der Waals surface area contributed by atoms with E-state index in [2.05, 4.69) is 10.3 Å². The van der Waals surface area contributed by atoms with Crippen molar-refractivity contribution in [1.29, 1.82) is 0 Å². The van der Waals surface area contributed by atoms with Gasteiger partial charge in [-0.05, 0) is 13.3 Å². The molecule has 108 valence electrons. The van der Waals surface area contributed by atoms with Crippen molar-refractivity contribution in [3.8, 4) is 0 Å². The van der Waals surface area contributed by atoms with Gasteiger partial charge in [-0.25, -0.2) is 4.98 Å². The summed E-state index contributed by atoms with van der Waals surface area (Å²) in [5.41, 5.74) is 5.27. The van der Waals surface area contributed by atoms with E-state index >= 15 is 0 Å². The maximum atomic E-state index is 11.2. The molecule has 20 heavy (non-hydrogen) atoms. The number of amides is 1. The van der Waals surface area contributed by atoms with Crippen molar-refractivity contribution in [1.82, 2.24) is 4.98 Å². The van der Waals surface area contributed by atoms with Crippen LogP contribution in [-0.2, 0) is 4.79 Å². The maximum absolute atomic E-state index is 11.2. The fraction of sp³-hybridized carbons (Fsp3) is 0.500. The van der Waals surface area contributed by atoms with Crippen LogP contribution < -0.4 is 16.0 Å². The Hall–Kier alpha value is -2.38. The molecule has 0 radical (unpaired) electrons. The molecule has 1 aliphatic heterocycles. The Balaban J connectivity index is 2.26. The summed E-state index contributed by atoms with van der Waals surface area (Å²) in [6, 6.07) is 2.82. The average Bonchev–Trinajstić information content (AvgIpc) is 2.88. The van der Waals surface area contributed by atoms with E-state index in [0.717, 1.165) is 0 Å². The molecule has 8 heteroatoms. The Bertz CT molecular complexity index is 534. The lowest BCUT2D eigenvalue weighted by Gasteiger charge is -2.17. The van der Waals surface area contributed by atoms with Crippen molar-refractivity contribution in [3.63, 3.8) is 0 Å². The monoisotopic (exact) mass is 279 g/mol. The second-order valence-corrected chi connectivity index (χ2v) is 4.69. The predicted molar refractivity (Wildman–Crippen MR) is 74.6 cm³/mol. The van der Waals surface area contributed by atoms with E-state index < -0.39 is 4.92 Å². The van der Waals surface area contributed by atoms with Gasteiger partial charge in [0.25, 0.3) is 5.69 Å². The molecule has 2 rings (SSSR count). The molecule has 0 spiro atoms. The average molecular weight is 279 g/mol. The van der Waals surface area contributed by atoms with E-state index in [-0.39, 0.29) is 17.5 Å². The Morgan fingerprint density at radius 3 is 2.95 bits per heavy atom. The summed E-state index contributed by atoms with van der Waals surface area (Å²) < 4.78 is 0. The third kappa shape index (κ3) is 2.95. The Morgan fingerprint density at radius 2 is 2.40 bits per heavy atom. The third-order valence-electron chi connectivity index (χ3n) is 3.28. The second kappa shape index (κ2) is 5.72. The first-order chi connectivity index (χ1) is 9.51. The molecule has 3 N–H and O–H groups in total. The van der Waals surface area contributed by atoms with Crippen LogP contribution in [0.1, 0.15) is 13.3 Å². The molecule has 0 aliphatic carbocycles. The number of primary amides is 1. The first-order valence-electron chi connectivity index (χ1n) is 6.46. The van der Waals surface area contributed by atoms with Gasteiger partial charge in [0.2, 0.25) is 5.91 Å². The van der Waals surface area contributed by atoms with Crippen LogP contribution in [-0.4, -0.2) is 35.4 Å². The number of hydrogen-bond acceptors (Lipinski definition) is 6. The number of nitrogens with one attached hydrogen (secondary N) is 1. The molecule has 2 heterocycles.